The van der Waals surface area contributed by atoms with Gasteiger partial charge in [0, 0.05) is 45.5 Å². The molecule has 8 heteroatoms. The molecular formula is C68H50B2N6. The third-order valence-electron chi connectivity index (χ3n) is 15.0. The lowest BCUT2D eigenvalue weighted by molar-refractivity contribution is 1.27. The van der Waals surface area contributed by atoms with Crippen molar-refractivity contribution in [2.45, 2.75) is 0 Å². The van der Waals surface area contributed by atoms with Gasteiger partial charge in [0.15, 0.2) is 0 Å². The highest BCUT2D eigenvalue weighted by Crippen LogP contribution is 2.47. The molecule has 10 aromatic carbocycles. The van der Waals surface area contributed by atoms with E-state index in [1.165, 1.54) is 45.0 Å². The first-order valence-electron chi connectivity index (χ1n) is 26.1. The molecule has 0 atom stereocenters. The van der Waals surface area contributed by atoms with Crippen molar-refractivity contribution in [2.24, 2.45) is 0 Å². The van der Waals surface area contributed by atoms with E-state index in [1.807, 2.05) is 0 Å². The highest BCUT2D eigenvalue weighted by Gasteiger charge is 2.40. The molecule has 4 heterocycles. The Hall–Kier alpha value is -9.91. The van der Waals surface area contributed by atoms with Crippen LogP contribution in [0.3, 0.4) is 0 Å². The molecule has 4 aliphatic heterocycles. The van der Waals surface area contributed by atoms with Crippen LogP contribution in [0.2, 0.25) is 0 Å². The Labute approximate surface area is 445 Å². The first kappa shape index (κ1) is 44.8. The van der Waals surface area contributed by atoms with Crippen LogP contribution in [0.15, 0.2) is 303 Å². The zero-order valence-electron chi connectivity index (χ0n) is 41.7. The lowest BCUT2D eigenvalue weighted by Gasteiger charge is -2.29. The number of fused-ring (bicyclic) bond motifs is 6. The molecule has 14 rings (SSSR count). The average Bonchev–Trinajstić information content (AvgIpc) is 4.07. The van der Waals surface area contributed by atoms with Crippen molar-refractivity contribution in [2.75, 3.05) is 29.0 Å². The van der Waals surface area contributed by atoms with Crippen molar-refractivity contribution in [3.63, 3.8) is 0 Å². The lowest BCUT2D eigenvalue weighted by Crippen LogP contribution is -2.42. The summed E-state index contributed by atoms with van der Waals surface area (Å²) in [7, 11) is 0. The molecule has 4 aliphatic rings. The Morgan fingerprint density at radius 3 is 0.816 bits per heavy atom. The van der Waals surface area contributed by atoms with Gasteiger partial charge in [-0.1, -0.05) is 158 Å². The number of hydrogen-bond acceptors (Lipinski definition) is 6. The number of nitrogens with zero attached hydrogens (tertiary/aromatic N) is 6. The maximum atomic E-state index is 2.42. The maximum Gasteiger partial charge on any atom is 0.412 e. The first-order valence-corrected chi connectivity index (χ1v) is 26.1. The van der Waals surface area contributed by atoms with Crippen LogP contribution < -0.4 is 29.0 Å². The van der Waals surface area contributed by atoms with E-state index in [-0.39, 0.29) is 14.0 Å². The molecule has 358 valence electrons. The zero-order chi connectivity index (χ0) is 50.4. The summed E-state index contributed by atoms with van der Waals surface area (Å²) in [5, 5.41) is 0. The van der Waals surface area contributed by atoms with Crippen LogP contribution in [-0.2, 0) is 0 Å². The van der Waals surface area contributed by atoms with Crippen molar-refractivity contribution in [1.82, 2.24) is 0 Å². The van der Waals surface area contributed by atoms with E-state index >= 15 is 0 Å². The van der Waals surface area contributed by atoms with Crippen LogP contribution >= 0.6 is 0 Å². The second-order valence-corrected chi connectivity index (χ2v) is 19.4. The predicted octanol–water partition coefficient (Wildman–Crippen LogP) is 17.8. The van der Waals surface area contributed by atoms with E-state index in [2.05, 4.69) is 332 Å². The summed E-state index contributed by atoms with van der Waals surface area (Å²) in [5.41, 5.74) is 20.6. The fourth-order valence-corrected chi connectivity index (χ4v) is 11.4. The Balaban J connectivity index is 0.780. The van der Waals surface area contributed by atoms with Gasteiger partial charge in [0.25, 0.3) is 0 Å². The highest BCUT2D eigenvalue weighted by atomic mass is 15.3. The van der Waals surface area contributed by atoms with Crippen LogP contribution in [0.1, 0.15) is 0 Å². The summed E-state index contributed by atoms with van der Waals surface area (Å²) >= 11 is 0. The second-order valence-electron chi connectivity index (χ2n) is 19.4. The van der Waals surface area contributed by atoms with E-state index in [1.54, 1.807) is 0 Å². The van der Waals surface area contributed by atoms with E-state index in [4.69, 9.17) is 0 Å². The van der Waals surface area contributed by atoms with Gasteiger partial charge in [0.2, 0.25) is 0 Å². The van der Waals surface area contributed by atoms with E-state index in [0.29, 0.717) is 0 Å². The normalized spacial score (nSPS) is 13.7. The van der Waals surface area contributed by atoms with E-state index in [9.17, 15) is 0 Å². The van der Waals surface area contributed by atoms with Crippen LogP contribution in [0.5, 0.6) is 0 Å². The summed E-state index contributed by atoms with van der Waals surface area (Å²) < 4.78 is 0. The SMILES string of the molecule is C1=CB2N(C=C1)c1ccccc1N2c1ccc(N(c2ccc(-c3ccccc3)cc2)c2ccc(-c3ccc(N(c4ccc(-c5ccccc5)cc4)c4ccc(N5B6C=CC=CN6c6ccccc65)cc4)cc3)cc2)cc1. The molecule has 0 radical (unpaired) electrons. The molecule has 0 saturated heterocycles. The number of hydrogen-bond donors (Lipinski definition) is 0. The summed E-state index contributed by atoms with van der Waals surface area (Å²) in [6, 6.07) is 92.3. The molecule has 0 spiro atoms. The Bertz CT molecular complexity index is 3570. The molecule has 0 aliphatic carbocycles. The van der Waals surface area contributed by atoms with Crippen molar-refractivity contribution in [3.05, 3.63) is 303 Å². The van der Waals surface area contributed by atoms with Gasteiger partial charge >= 0.3 is 14.0 Å². The average molecular weight is 973 g/mol. The molecule has 0 amide bonds. The number of anilines is 12. The first-order chi connectivity index (χ1) is 37.7. The Kier molecular flexibility index (Phi) is 11.3. The third-order valence-corrected chi connectivity index (χ3v) is 15.0. The van der Waals surface area contributed by atoms with Crippen molar-refractivity contribution in [3.8, 4) is 33.4 Å². The van der Waals surface area contributed by atoms with E-state index in [0.717, 1.165) is 56.6 Å². The van der Waals surface area contributed by atoms with Crippen molar-refractivity contribution >= 4 is 82.2 Å². The molecule has 0 bridgehead atoms. The predicted molar refractivity (Wildman–Crippen MR) is 322 cm³/mol. The molecule has 0 saturated carbocycles. The molecule has 0 fully saturated rings. The van der Waals surface area contributed by atoms with Crippen LogP contribution in [-0.4, -0.2) is 14.0 Å². The standard InChI is InChI=1S/C68H50B2N6/c1-3-15-51(16-4-1)53-23-31-57(32-24-53)73(61-39-43-63(44-40-61)75-67-21-9-7-19-65(67)71-49-13-11-47-69(71)75)59-35-27-55(28-36-59)56-29-37-60(38-30-56)74(58-33-25-54(26-34-58)52-17-5-2-6-18-52)62-41-45-64(46-42-62)76-68-22-10-8-20-66(68)72-50-14-12-48-70(72)76/h1-50H. The van der Waals surface area contributed by atoms with Crippen LogP contribution in [0.4, 0.5) is 68.2 Å². The topological polar surface area (TPSA) is 19.4 Å². The summed E-state index contributed by atoms with van der Waals surface area (Å²) in [4.78, 5) is 14.2. The van der Waals surface area contributed by atoms with Gasteiger partial charge < -0.3 is 29.0 Å². The third kappa shape index (κ3) is 8.04. The van der Waals surface area contributed by atoms with Gasteiger partial charge in [-0.2, -0.15) is 0 Å². The van der Waals surface area contributed by atoms with Gasteiger partial charge in [-0.3, -0.25) is 0 Å². The minimum Gasteiger partial charge on any atom is -0.367 e. The van der Waals surface area contributed by atoms with Crippen LogP contribution in [0.25, 0.3) is 33.4 Å². The lowest BCUT2D eigenvalue weighted by atomic mass is 9.71. The maximum absolute atomic E-state index is 2.42. The number of allylic oxidation sites excluding steroid dienone is 4. The Morgan fingerprint density at radius 1 is 0.237 bits per heavy atom. The molecular weight excluding hydrogens is 922 g/mol. The smallest absolute Gasteiger partial charge is 0.367 e. The highest BCUT2D eigenvalue weighted by molar-refractivity contribution is 6.77. The molecule has 0 N–H and O–H groups in total. The van der Waals surface area contributed by atoms with Gasteiger partial charge in [-0.05, 0) is 179 Å². The number of para-hydroxylation sites is 4. The summed E-state index contributed by atoms with van der Waals surface area (Å²) in [6.45, 7) is 0.159. The van der Waals surface area contributed by atoms with Crippen molar-refractivity contribution in [1.29, 1.82) is 0 Å². The minimum absolute atomic E-state index is 0.0795. The number of rotatable bonds is 11. The quantitative estimate of drug-likeness (QED) is 0.119. The molecule has 0 unspecified atom stereocenters. The Morgan fingerprint density at radius 2 is 0.500 bits per heavy atom. The van der Waals surface area contributed by atoms with Gasteiger partial charge in [-0.15, -0.1) is 0 Å². The summed E-state index contributed by atoms with van der Waals surface area (Å²) in [6.07, 6.45) is 12.8. The van der Waals surface area contributed by atoms with E-state index < -0.39 is 0 Å². The molecule has 76 heavy (non-hydrogen) atoms. The van der Waals surface area contributed by atoms with Gasteiger partial charge in [0.1, 0.15) is 0 Å². The molecule has 10 aromatic rings. The van der Waals surface area contributed by atoms with Crippen LogP contribution in [0, 0.1) is 0 Å². The fourth-order valence-electron chi connectivity index (χ4n) is 11.4. The fraction of sp³-hybridized carbons (Fsp3) is 0. The minimum atomic E-state index is 0.0795. The number of benzene rings is 10. The second kappa shape index (κ2) is 19.2. The largest absolute Gasteiger partial charge is 0.412 e. The monoisotopic (exact) mass is 972 g/mol. The molecule has 6 nitrogen and oxygen atoms in total. The van der Waals surface area contributed by atoms with Crippen molar-refractivity contribution < 1.29 is 0 Å². The zero-order valence-corrected chi connectivity index (χ0v) is 41.7. The van der Waals surface area contributed by atoms with Gasteiger partial charge in [-0.25, -0.2) is 0 Å². The summed E-state index contributed by atoms with van der Waals surface area (Å²) in [5.74, 6) is 4.52. The van der Waals surface area contributed by atoms with Gasteiger partial charge in [0.05, 0.1) is 22.7 Å². The molecule has 0 aromatic heterocycles.